The third kappa shape index (κ3) is 6.19. The summed E-state index contributed by atoms with van der Waals surface area (Å²) in [6.45, 7) is 4.36. The van der Waals surface area contributed by atoms with Crippen LogP contribution in [0.25, 0.3) is 0 Å². The predicted molar refractivity (Wildman–Crippen MR) is 61.9 cm³/mol. The van der Waals surface area contributed by atoms with Gasteiger partial charge < -0.3 is 15.0 Å². The first kappa shape index (κ1) is 14.6. The maximum absolute atomic E-state index is 11.4. The van der Waals surface area contributed by atoms with E-state index in [0.29, 0.717) is 13.2 Å². The van der Waals surface area contributed by atoms with E-state index in [0.717, 1.165) is 0 Å². The van der Waals surface area contributed by atoms with Gasteiger partial charge in [0, 0.05) is 26.7 Å². The minimum Gasteiger partial charge on any atom is -0.463 e. The van der Waals surface area contributed by atoms with Crippen LogP contribution in [0, 0.1) is 0 Å². The van der Waals surface area contributed by atoms with Gasteiger partial charge in [-0.2, -0.15) is 0 Å². The number of hydrogen-bond acceptors (Lipinski definition) is 4. The second-order valence-electron chi connectivity index (χ2n) is 3.52. The fourth-order valence-corrected chi connectivity index (χ4v) is 1.06. The van der Waals surface area contributed by atoms with Gasteiger partial charge in [0.25, 0.3) is 0 Å². The highest BCUT2D eigenvalue weighted by atomic mass is 16.5. The van der Waals surface area contributed by atoms with Crippen LogP contribution in [0.2, 0.25) is 0 Å². The Kier molecular flexibility index (Phi) is 7.20. The highest BCUT2D eigenvalue weighted by Gasteiger charge is 2.12. The Labute approximate surface area is 96.4 Å². The number of rotatable bonds is 6. The summed E-state index contributed by atoms with van der Waals surface area (Å²) in [6.07, 6.45) is 2.99. The zero-order chi connectivity index (χ0) is 12.6. The molecule has 5 heteroatoms. The molecule has 1 N–H and O–H groups in total. The maximum atomic E-state index is 11.4. The number of hydrogen-bond donors (Lipinski definition) is 1. The van der Waals surface area contributed by atoms with Crippen LogP contribution >= 0.6 is 0 Å². The molecule has 0 spiro atoms. The van der Waals surface area contributed by atoms with Crippen LogP contribution in [-0.2, 0) is 14.3 Å². The van der Waals surface area contributed by atoms with Crippen molar-refractivity contribution >= 4 is 11.9 Å². The lowest BCUT2D eigenvalue weighted by Gasteiger charge is -2.16. The number of ether oxygens (including phenoxy) is 1. The average molecular weight is 228 g/mol. The lowest BCUT2D eigenvalue weighted by Crippen LogP contribution is -2.41. The van der Waals surface area contributed by atoms with Crippen molar-refractivity contribution in [2.45, 2.75) is 19.9 Å². The van der Waals surface area contributed by atoms with Crippen molar-refractivity contribution in [3.63, 3.8) is 0 Å². The summed E-state index contributed by atoms with van der Waals surface area (Å²) in [5.74, 6) is -0.361. The van der Waals surface area contributed by atoms with Gasteiger partial charge in [-0.3, -0.25) is 4.79 Å². The van der Waals surface area contributed by atoms with Gasteiger partial charge in [-0.1, -0.05) is 6.08 Å². The number of nitrogens with one attached hydrogen (secondary N) is 1. The zero-order valence-corrected chi connectivity index (χ0v) is 10.3. The highest BCUT2D eigenvalue weighted by Crippen LogP contribution is 1.88. The fraction of sp³-hybridized carbons (Fsp3) is 0.636. The van der Waals surface area contributed by atoms with Gasteiger partial charge in [0.2, 0.25) is 5.91 Å². The summed E-state index contributed by atoms with van der Waals surface area (Å²) in [4.78, 5) is 23.9. The molecule has 92 valence electrons. The first-order valence-electron chi connectivity index (χ1n) is 5.26. The molecule has 0 aromatic rings. The molecule has 1 unspecified atom stereocenters. The lowest BCUT2D eigenvalue weighted by molar-refractivity contribution is -0.137. The highest BCUT2D eigenvalue weighted by molar-refractivity contribution is 5.82. The van der Waals surface area contributed by atoms with E-state index in [-0.39, 0.29) is 17.9 Å². The predicted octanol–water partition coefficient (Wildman–Crippen LogP) is 0.172. The Morgan fingerprint density at radius 2 is 2.06 bits per heavy atom. The molecule has 0 aromatic carbocycles. The van der Waals surface area contributed by atoms with Gasteiger partial charge in [0.05, 0.1) is 12.6 Å². The minimum atomic E-state index is -0.365. The molecule has 5 nitrogen and oxygen atoms in total. The number of carbonyl (C=O) groups excluding carboxylic acids is 2. The number of likely N-dealkylation sites (N-methyl/N-ethyl adjacent to an activating group) is 1. The molecule has 0 heterocycles. The summed E-state index contributed by atoms with van der Waals surface area (Å²) in [6, 6.07) is -0.262. The summed E-state index contributed by atoms with van der Waals surface area (Å²) >= 11 is 0. The number of esters is 1. The Hall–Kier alpha value is -1.36. The monoisotopic (exact) mass is 228 g/mol. The van der Waals surface area contributed by atoms with Gasteiger partial charge in [-0.05, 0) is 13.8 Å². The molecule has 1 atom stereocenters. The minimum absolute atomic E-state index is 0.00420. The van der Waals surface area contributed by atoms with Crippen LogP contribution in [0.5, 0.6) is 0 Å². The van der Waals surface area contributed by atoms with Crippen LogP contribution in [0.4, 0.5) is 0 Å². The molecular weight excluding hydrogens is 208 g/mol. The van der Waals surface area contributed by atoms with Crippen molar-refractivity contribution in [3.05, 3.63) is 12.2 Å². The van der Waals surface area contributed by atoms with Crippen molar-refractivity contribution in [1.29, 1.82) is 0 Å². The van der Waals surface area contributed by atoms with E-state index in [2.05, 4.69) is 5.32 Å². The van der Waals surface area contributed by atoms with Crippen molar-refractivity contribution in [1.82, 2.24) is 10.2 Å². The standard InChI is InChI=1S/C11H20N2O3/c1-5-16-10(14)7-6-8-12-9(2)11(15)13(3)4/h6-7,9,12H,5,8H2,1-4H3/b7-6+. The van der Waals surface area contributed by atoms with E-state index < -0.39 is 0 Å². The molecule has 0 radical (unpaired) electrons. The third-order valence-electron chi connectivity index (χ3n) is 1.89. The second-order valence-corrected chi connectivity index (χ2v) is 3.52. The first-order chi connectivity index (χ1) is 7.49. The van der Waals surface area contributed by atoms with Crippen LogP contribution < -0.4 is 5.32 Å². The zero-order valence-electron chi connectivity index (χ0n) is 10.3. The Bertz CT molecular complexity index is 262. The molecule has 16 heavy (non-hydrogen) atoms. The Morgan fingerprint density at radius 3 is 2.56 bits per heavy atom. The Balaban J connectivity index is 3.81. The topological polar surface area (TPSA) is 58.6 Å². The molecular formula is C11H20N2O3. The number of amides is 1. The van der Waals surface area contributed by atoms with Gasteiger partial charge in [0.1, 0.15) is 0 Å². The largest absolute Gasteiger partial charge is 0.463 e. The molecule has 0 aliphatic rings. The first-order valence-corrected chi connectivity index (χ1v) is 5.26. The van der Waals surface area contributed by atoms with E-state index in [1.165, 1.54) is 11.0 Å². The second kappa shape index (κ2) is 7.87. The van der Waals surface area contributed by atoms with Crippen molar-refractivity contribution in [2.75, 3.05) is 27.2 Å². The van der Waals surface area contributed by atoms with E-state index in [9.17, 15) is 9.59 Å². The van der Waals surface area contributed by atoms with E-state index in [1.807, 2.05) is 0 Å². The maximum Gasteiger partial charge on any atom is 0.330 e. The van der Waals surface area contributed by atoms with Crippen molar-refractivity contribution in [2.24, 2.45) is 0 Å². The number of carbonyl (C=O) groups is 2. The fourth-order valence-electron chi connectivity index (χ4n) is 1.06. The van der Waals surface area contributed by atoms with Gasteiger partial charge in [-0.25, -0.2) is 4.79 Å². The third-order valence-corrected chi connectivity index (χ3v) is 1.89. The van der Waals surface area contributed by atoms with Gasteiger partial charge in [0.15, 0.2) is 0 Å². The van der Waals surface area contributed by atoms with Crippen molar-refractivity contribution in [3.8, 4) is 0 Å². The molecule has 0 rings (SSSR count). The molecule has 0 aliphatic carbocycles. The molecule has 1 amide bonds. The normalized spacial score (nSPS) is 12.5. The van der Waals surface area contributed by atoms with E-state index >= 15 is 0 Å². The molecule has 0 aliphatic heterocycles. The number of nitrogens with zero attached hydrogens (tertiary/aromatic N) is 1. The summed E-state index contributed by atoms with van der Waals surface area (Å²) in [7, 11) is 3.41. The summed E-state index contributed by atoms with van der Waals surface area (Å²) in [5.41, 5.74) is 0. The molecule has 0 saturated carbocycles. The van der Waals surface area contributed by atoms with Crippen LogP contribution in [-0.4, -0.2) is 50.1 Å². The van der Waals surface area contributed by atoms with Crippen molar-refractivity contribution < 1.29 is 14.3 Å². The van der Waals surface area contributed by atoms with E-state index in [4.69, 9.17) is 4.74 Å². The Morgan fingerprint density at radius 1 is 1.44 bits per heavy atom. The van der Waals surface area contributed by atoms with Crippen LogP contribution in [0.1, 0.15) is 13.8 Å². The lowest BCUT2D eigenvalue weighted by atomic mass is 10.3. The van der Waals surface area contributed by atoms with Crippen LogP contribution in [0.3, 0.4) is 0 Å². The SMILES string of the molecule is CCOC(=O)/C=C/CNC(C)C(=O)N(C)C. The van der Waals surface area contributed by atoms with Gasteiger partial charge in [-0.15, -0.1) is 0 Å². The van der Waals surface area contributed by atoms with Gasteiger partial charge >= 0.3 is 5.97 Å². The summed E-state index contributed by atoms with van der Waals surface area (Å²) in [5, 5.41) is 2.98. The van der Waals surface area contributed by atoms with E-state index in [1.54, 1.807) is 34.0 Å². The smallest absolute Gasteiger partial charge is 0.330 e. The molecule has 0 aromatic heterocycles. The quantitative estimate of drug-likeness (QED) is 0.520. The summed E-state index contributed by atoms with van der Waals surface area (Å²) < 4.78 is 4.71. The molecule has 0 bridgehead atoms. The molecule has 0 saturated heterocycles. The molecule has 0 fully saturated rings. The average Bonchev–Trinajstić information content (AvgIpc) is 2.23. The van der Waals surface area contributed by atoms with Crippen LogP contribution in [0.15, 0.2) is 12.2 Å².